The summed E-state index contributed by atoms with van der Waals surface area (Å²) in [6.07, 6.45) is 2.58. The van der Waals surface area contributed by atoms with Crippen molar-refractivity contribution < 1.29 is 9.34 Å². The minimum Gasteiger partial charge on any atom is -0.404 e. The van der Waals surface area contributed by atoms with Crippen molar-refractivity contribution in [1.29, 1.82) is 0 Å². The van der Waals surface area contributed by atoms with E-state index in [1.54, 1.807) is 16.9 Å². The van der Waals surface area contributed by atoms with Crippen molar-refractivity contribution in [2.45, 2.75) is 13.0 Å². The van der Waals surface area contributed by atoms with Gasteiger partial charge in [0.25, 0.3) is 0 Å². The molecule has 7 nitrogen and oxygen atoms in total. The van der Waals surface area contributed by atoms with Gasteiger partial charge in [-0.1, -0.05) is 21.1 Å². The average Bonchev–Trinajstić information content (AvgIpc) is 2.89. The van der Waals surface area contributed by atoms with E-state index in [0.29, 0.717) is 12.3 Å². The van der Waals surface area contributed by atoms with Crippen LogP contribution in [0.1, 0.15) is 11.5 Å². The van der Waals surface area contributed by atoms with Crippen LogP contribution < -0.4 is 0 Å². The molecule has 0 amide bonds. The highest BCUT2D eigenvalue weighted by molar-refractivity contribution is 9.09. The first kappa shape index (κ1) is 11.8. The number of hydrogen-bond donors (Lipinski definition) is 0. The lowest BCUT2D eigenvalue weighted by atomic mass is 10.4. The number of alkyl halides is 1. The molecule has 0 saturated carbocycles. The summed E-state index contributed by atoms with van der Waals surface area (Å²) in [6, 6.07) is 2.88. The van der Waals surface area contributed by atoms with Gasteiger partial charge >= 0.3 is 5.88 Å². The van der Waals surface area contributed by atoms with Gasteiger partial charge in [0.1, 0.15) is 17.2 Å². The van der Waals surface area contributed by atoms with Crippen molar-refractivity contribution in [1.82, 2.24) is 15.0 Å². The molecular formula is C9H9BrN4O3. The van der Waals surface area contributed by atoms with E-state index >= 15 is 0 Å². The topological polar surface area (TPSA) is 87.0 Å². The maximum Gasteiger partial charge on any atom is 0.433 e. The maximum atomic E-state index is 10.4. The third kappa shape index (κ3) is 2.90. The third-order valence-electron chi connectivity index (χ3n) is 2.08. The van der Waals surface area contributed by atoms with Crippen LogP contribution >= 0.6 is 15.9 Å². The number of hydrogen-bond acceptors (Lipinski definition) is 5. The van der Waals surface area contributed by atoms with Crippen molar-refractivity contribution in [2.75, 3.05) is 5.33 Å². The van der Waals surface area contributed by atoms with E-state index in [4.69, 9.17) is 4.42 Å². The van der Waals surface area contributed by atoms with E-state index in [1.807, 2.05) is 0 Å². The van der Waals surface area contributed by atoms with Gasteiger partial charge in [0, 0.05) is 17.9 Å². The van der Waals surface area contributed by atoms with Gasteiger partial charge in [0.15, 0.2) is 0 Å². The Kier molecular flexibility index (Phi) is 3.52. The van der Waals surface area contributed by atoms with E-state index in [9.17, 15) is 10.1 Å². The fourth-order valence-electron chi connectivity index (χ4n) is 1.34. The number of nitrogens with zero attached hydrogens (tertiary/aromatic N) is 4. The zero-order valence-electron chi connectivity index (χ0n) is 8.74. The molecule has 17 heavy (non-hydrogen) atoms. The normalized spacial score (nSPS) is 10.6. The Hall–Kier alpha value is -1.70. The SMILES string of the molecule is O=[N+]([O-])c1ccc(Cn2cc(CCBr)nn2)o1. The quantitative estimate of drug-likeness (QED) is 0.477. The van der Waals surface area contributed by atoms with Gasteiger partial charge in [-0.25, -0.2) is 4.68 Å². The highest BCUT2D eigenvalue weighted by Crippen LogP contribution is 2.16. The summed E-state index contributed by atoms with van der Waals surface area (Å²) in [6.45, 7) is 0.336. The number of nitro groups is 1. The molecule has 0 N–H and O–H groups in total. The molecule has 8 heteroatoms. The molecule has 0 atom stereocenters. The van der Waals surface area contributed by atoms with E-state index < -0.39 is 4.92 Å². The fraction of sp³-hybridized carbons (Fsp3) is 0.333. The molecule has 0 bridgehead atoms. The van der Waals surface area contributed by atoms with E-state index in [1.165, 1.54) is 6.07 Å². The number of aromatic nitrogens is 3. The Labute approximate surface area is 105 Å². The lowest BCUT2D eigenvalue weighted by molar-refractivity contribution is -0.402. The number of halogens is 1. The van der Waals surface area contributed by atoms with Crippen LogP contribution in [0.25, 0.3) is 0 Å². The van der Waals surface area contributed by atoms with Crippen molar-refractivity contribution >= 4 is 21.8 Å². The largest absolute Gasteiger partial charge is 0.433 e. The molecule has 0 radical (unpaired) electrons. The van der Waals surface area contributed by atoms with Crippen molar-refractivity contribution in [2.24, 2.45) is 0 Å². The monoisotopic (exact) mass is 300 g/mol. The number of furan rings is 1. The second-order valence-corrected chi connectivity index (χ2v) is 4.14. The van der Waals surface area contributed by atoms with E-state index in [-0.39, 0.29) is 5.88 Å². The fourth-order valence-corrected chi connectivity index (χ4v) is 1.74. The summed E-state index contributed by atoms with van der Waals surface area (Å²) >= 11 is 3.31. The van der Waals surface area contributed by atoms with E-state index in [2.05, 4.69) is 26.2 Å². The summed E-state index contributed by atoms with van der Waals surface area (Å²) in [5.74, 6) is 0.216. The first-order valence-corrected chi connectivity index (χ1v) is 5.99. The van der Waals surface area contributed by atoms with Gasteiger partial charge in [-0.3, -0.25) is 10.1 Å². The lowest BCUT2D eigenvalue weighted by Crippen LogP contribution is -1.99. The molecule has 0 spiro atoms. The van der Waals surface area contributed by atoms with Gasteiger partial charge in [-0.2, -0.15) is 0 Å². The van der Waals surface area contributed by atoms with Gasteiger partial charge in [0.2, 0.25) is 0 Å². The molecule has 2 aromatic heterocycles. The molecule has 90 valence electrons. The van der Waals surface area contributed by atoms with Crippen molar-refractivity contribution in [3.05, 3.63) is 39.9 Å². The standard InChI is InChI=1S/C9H9BrN4O3/c10-4-3-7-5-13(12-11-7)6-8-1-2-9(17-8)14(15)16/h1-2,5H,3-4,6H2. The second-order valence-electron chi connectivity index (χ2n) is 3.34. The summed E-state index contributed by atoms with van der Waals surface area (Å²) in [5, 5.41) is 19.1. The highest BCUT2D eigenvalue weighted by Gasteiger charge is 2.12. The van der Waals surface area contributed by atoms with Gasteiger partial charge in [0.05, 0.1) is 11.8 Å². The van der Waals surface area contributed by atoms with Crippen LogP contribution in [0.5, 0.6) is 0 Å². The predicted molar refractivity (Wildman–Crippen MR) is 62.0 cm³/mol. The van der Waals surface area contributed by atoms with Crippen LogP contribution in [0.3, 0.4) is 0 Å². The van der Waals surface area contributed by atoms with Crippen LogP contribution in [-0.2, 0) is 13.0 Å². The molecule has 2 rings (SSSR count). The molecule has 0 aliphatic carbocycles. The first-order chi connectivity index (χ1) is 8.19. The van der Waals surface area contributed by atoms with Crippen molar-refractivity contribution in [3.8, 4) is 0 Å². The molecule has 0 aromatic carbocycles. The van der Waals surface area contributed by atoms with Crippen molar-refractivity contribution in [3.63, 3.8) is 0 Å². The molecule has 2 heterocycles. The molecular weight excluding hydrogens is 292 g/mol. The summed E-state index contributed by atoms with van der Waals surface area (Å²) < 4.78 is 6.61. The molecule has 0 aliphatic rings. The predicted octanol–water partition coefficient (Wildman–Crippen LogP) is 1.76. The Morgan fingerprint density at radius 3 is 3.00 bits per heavy atom. The number of rotatable bonds is 5. The maximum absolute atomic E-state index is 10.4. The summed E-state index contributed by atoms with van der Waals surface area (Å²) in [4.78, 5) is 9.86. The lowest BCUT2D eigenvalue weighted by Gasteiger charge is -1.94. The van der Waals surface area contributed by atoms with Gasteiger partial charge in [-0.05, 0) is 6.07 Å². The van der Waals surface area contributed by atoms with Crippen LogP contribution in [0.15, 0.2) is 22.7 Å². The molecule has 2 aromatic rings. The minimum absolute atomic E-state index is 0.263. The third-order valence-corrected chi connectivity index (χ3v) is 2.48. The Morgan fingerprint density at radius 1 is 1.53 bits per heavy atom. The minimum atomic E-state index is -0.568. The first-order valence-electron chi connectivity index (χ1n) is 4.87. The smallest absolute Gasteiger partial charge is 0.404 e. The second kappa shape index (κ2) is 5.09. The van der Waals surface area contributed by atoms with Gasteiger partial charge in [-0.15, -0.1) is 5.10 Å². The summed E-state index contributed by atoms with van der Waals surface area (Å²) in [7, 11) is 0. The van der Waals surface area contributed by atoms with Crippen LogP contribution in [0.2, 0.25) is 0 Å². The average molecular weight is 301 g/mol. The zero-order chi connectivity index (χ0) is 12.3. The Morgan fingerprint density at radius 2 is 2.35 bits per heavy atom. The zero-order valence-corrected chi connectivity index (χ0v) is 10.3. The Bertz CT molecular complexity index is 522. The summed E-state index contributed by atoms with van der Waals surface area (Å²) in [5.41, 5.74) is 0.864. The molecule has 0 saturated heterocycles. The van der Waals surface area contributed by atoms with Crippen LogP contribution in [-0.4, -0.2) is 25.2 Å². The molecule has 0 aliphatic heterocycles. The molecule has 0 fully saturated rings. The Balaban J connectivity index is 2.05. The van der Waals surface area contributed by atoms with Gasteiger partial charge < -0.3 is 4.42 Å². The number of aryl methyl sites for hydroxylation is 1. The van der Waals surface area contributed by atoms with Crippen LogP contribution in [0.4, 0.5) is 5.88 Å². The van der Waals surface area contributed by atoms with E-state index in [0.717, 1.165) is 17.4 Å². The molecule has 0 unspecified atom stereocenters. The highest BCUT2D eigenvalue weighted by atomic mass is 79.9. The van der Waals surface area contributed by atoms with Crippen LogP contribution in [0, 0.1) is 10.1 Å².